The molecule has 1 aromatic carbocycles. The maximum atomic E-state index is 12.8. The molecule has 1 saturated carbocycles. The molecule has 0 N–H and O–H groups in total. The van der Waals surface area contributed by atoms with Crippen LogP contribution in [0.15, 0.2) is 47.3 Å². The van der Waals surface area contributed by atoms with Crippen LogP contribution >= 0.6 is 0 Å². The number of allylic oxidation sites excluding steroid dienone is 2. The van der Waals surface area contributed by atoms with Crippen LogP contribution < -0.4 is 0 Å². The minimum Gasteiger partial charge on any atom is -0.268 e. The summed E-state index contributed by atoms with van der Waals surface area (Å²) in [5.74, 6) is -0.351. The fourth-order valence-corrected chi connectivity index (χ4v) is 5.49. The van der Waals surface area contributed by atoms with E-state index in [2.05, 4.69) is 26.2 Å². The van der Waals surface area contributed by atoms with E-state index >= 15 is 0 Å². The molecular formula is C18H21NO2Si. The first-order chi connectivity index (χ1) is 10.3. The van der Waals surface area contributed by atoms with Gasteiger partial charge in [0, 0.05) is 5.32 Å². The third-order valence-corrected chi connectivity index (χ3v) is 6.29. The summed E-state index contributed by atoms with van der Waals surface area (Å²) in [6.45, 7) is 10.7. The van der Waals surface area contributed by atoms with Crippen LogP contribution in [0, 0.1) is 0 Å². The van der Waals surface area contributed by atoms with Crippen molar-refractivity contribution in [3.8, 4) is 0 Å². The van der Waals surface area contributed by atoms with Crippen molar-refractivity contribution in [3.05, 3.63) is 58.4 Å². The topological polar surface area (TPSA) is 37.4 Å². The molecule has 0 aromatic heterocycles. The fourth-order valence-electron chi connectivity index (χ4n) is 3.41. The second-order valence-electron chi connectivity index (χ2n) is 7.03. The molecule has 1 aromatic rings. The Hall–Kier alpha value is -1.94. The van der Waals surface area contributed by atoms with E-state index in [-0.39, 0.29) is 11.8 Å². The quantitative estimate of drug-likeness (QED) is 0.607. The molecule has 1 aliphatic carbocycles. The highest BCUT2D eigenvalue weighted by atomic mass is 28.3. The standard InChI is InChI=1S/C18H21NO2Si/c1-12-8-7-11-13(12)18(22(2,3)4)19-16(20)14-9-5-6-10-15(14)17(19)21/h5-6,9-10H,1,7-8,11H2,2-4H3/b18-13+. The van der Waals surface area contributed by atoms with Crippen molar-refractivity contribution >= 4 is 19.9 Å². The molecule has 114 valence electrons. The van der Waals surface area contributed by atoms with E-state index in [0.717, 1.165) is 35.7 Å². The Morgan fingerprint density at radius 3 is 2.00 bits per heavy atom. The van der Waals surface area contributed by atoms with Crippen molar-refractivity contribution < 1.29 is 9.59 Å². The average molecular weight is 311 g/mol. The van der Waals surface area contributed by atoms with Crippen molar-refractivity contribution in [3.63, 3.8) is 0 Å². The SMILES string of the molecule is C=C1CCC/C1=C(/N1C(=O)c2ccccc2C1=O)[Si](C)(C)C. The lowest BCUT2D eigenvalue weighted by atomic mass is 10.1. The number of rotatable bonds is 2. The molecular weight excluding hydrogens is 290 g/mol. The van der Waals surface area contributed by atoms with Crippen LogP contribution in [-0.2, 0) is 0 Å². The molecule has 1 fully saturated rings. The first-order valence-electron chi connectivity index (χ1n) is 7.72. The highest BCUT2D eigenvalue weighted by Gasteiger charge is 2.43. The summed E-state index contributed by atoms with van der Waals surface area (Å²) in [5, 5.41) is 0.959. The predicted octanol–water partition coefficient (Wildman–Crippen LogP) is 4.15. The summed E-state index contributed by atoms with van der Waals surface area (Å²) >= 11 is 0. The molecule has 0 bridgehead atoms. The van der Waals surface area contributed by atoms with Gasteiger partial charge >= 0.3 is 0 Å². The van der Waals surface area contributed by atoms with Crippen molar-refractivity contribution in [2.24, 2.45) is 0 Å². The highest BCUT2D eigenvalue weighted by Crippen LogP contribution is 2.39. The monoisotopic (exact) mass is 311 g/mol. The largest absolute Gasteiger partial charge is 0.268 e. The van der Waals surface area contributed by atoms with Gasteiger partial charge in [-0.25, -0.2) is 0 Å². The summed E-state index contributed by atoms with van der Waals surface area (Å²) < 4.78 is 0. The Morgan fingerprint density at radius 2 is 1.59 bits per heavy atom. The van der Waals surface area contributed by atoms with Gasteiger partial charge in [0.25, 0.3) is 11.8 Å². The summed E-state index contributed by atoms with van der Waals surface area (Å²) in [4.78, 5) is 27.1. The Morgan fingerprint density at radius 1 is 1.05 bits per heavy atom. The Bertz CT molecular complexity index is 690. The summed E-state index contributed by atoms with van der Waals surface area (Å²) in [6.07, 6.45) is 2.95. The van der Waals surface area contributed by atoms with Crippen LogP contribution in [0.2, 0.25) is 19.6 Å². The van der Waals surface area contributed by atoms with Crippen LogP contribution in [0.1, 0.15) is 40.0 Å². The maximum Gasteiger partial charge on any atom is 0.265 e. The Kier molecular flexibility index (Phi) is 3.44. The van der Waals surface area contributed by atoms with Crippen LogP contribution in [-0.4, -0.2) is 24.8 Å². The number of nitrogens with zero attached hydrogens (tertiary/aromatic N) is 1. The van der Waals surface area contributed by atoms with Gasteiger partial charge in [0.1, 0.15) is 0 Å². The molecule has 0 spiro atoms. The van der Waals surface area contributed by atoms with Gasteiger partial charge in [0.2, 0.25) is 0 Å². The van der Waals surface area contributed by atoms with E-state index in [9.17, 15) is 9.59 Å². The van der Waals surface area contributed by atoms with Crippen molar-refractivity contribution in [2.45, 2.75) is 38.9 Å². The molecule has 0 unspecified atom stereocenters. The lowest BCUT2D eigenvalue weighted by Crippen LogP contribution is -2.42. The zero-order valence-corrected chi connectivity index (χ0v) is 14.4. The van der Waals surface area contributed by atoms with Crippen LogP contribution in [0.4, 0.5) is 0 Å². The van der Waals surface area contributed by atoms with E-state index in [1.54, 1.807) is 12.1 Å². The number of carbonyl (C=O) groups is 2. The molecule has 3 nitrogen and oxygen atoms in total. The van der Waals surface area contributed by atoms with Crippen LogP contribution in [0.25, 0.3) is 0 Å². The van der Waals surface area contributed by atoms with Gasteiger partial charge in [-0.1, -0.05) is 43.9 Å². The van der Waals surface area contributed by atoms with Gasteiger partial charge in [0.15, 0.2) is 0 Å². The summed E-state index contributed by atoms with van der Waals surface area (Å²) in [7, 11) is -1.88. The van der Waals surface area contributed by atoms with E-state index in [4.69, 9.17) is 0 Å². The van der Waals surface area contributed by atoms with Crippen molar-refractivity contribution in [1.82, 2.24) is 4.90 Å². The van der Waals surface area contributed by atoms with Gasteiger partial charge in [-0.15, -0.1) is 0 Å². The second kappa shape index (κ2) is 5.06. The number of carbonyl (C=O) groups excluding carboxylic acids is 2. The van der Waals surface area contributed by atoms with Gasteiger partial charge in [0.05, 0.1) is 19.2 Å². The lowest BCUT2D eigenvalue weighted by molar-refractivity contribution is 0.0711. The molecule has 2 aliphatic rings. The number of hydrogen-bond acceptors (Lipinski definition) is 2. The number of benzene rings is 1. The van der Waals surface area contributed by atoms with Gasteiger partial charge in [-0.05, 0) is 37.0 Å². The fraction of sp³-hybridized carbons (Fsp3) is 0.333. The van der Waals surface area contributed by atoms with Gasteiger partial charge in [-0.3, -0.25) is 14.5 Å². The molecule has 0 saturated heterocycles. The molecule has 3 rings (SSSR count). The predicted molar refractivity (Wildman–Crippen MR) is 90.3 cm³/mol. The molecule has 0 atom stereocenters. The summed E-state index contributed by atoms with van der Waals surface area (Å²) in [5.41, 5.74) is 3.28. The molecule has 1 aliphatic heterocycles. The smallest absolute Gasteiger partial charge is 0.265 e. The minimum absolute atomic E-state index is 0.176. The van der Waals surface area contributed by atoms with Crippen LogP contribution in [0.3, 0.4) is 0 Å². The third kappa shape index (κ3) is 2.18. The molecule has 2 amide bonds. The van der Waals surface area contributed by atoms with E-state index in [0.29, 0.717) is 11.1 Å². The molecule has 1 heterocycles. The summed E-state index contributed by atoms with van der Waals surface area (Å²) in [6, 6.07) is 7.10. The molecule has 4 heteroatoms. The Labute approximate surface area is 132 Å². The van der Waals surface area contributed by atoms with E-state index < -0.39 is 8.07 Å². The third-order valence-electron chi connectivity index (χ3n) is 4.35. The lowest BCUT2D eigenvalue weighted by Gasteiger charge is -2.30. The number of fused-ring (bicyclic) bond motifs is 1. The first kappa shape index (κ1) is 15.0. The number of imide groups is 1. The van der Waals surface area contributed by atoms with Crippen molar-refractivity contribution in [2.75, 3.05) is 0 Å². The molecule has 22 heavy (non-hydrogen) atoms. The number of hydrogen-bond donors (Lipinski definition) is 0. The average Bonchev–Trinajstić information content (AvgIpc) is 2.96. The van der Waals surface area contributed by atoms with E-state index in [1.165, 1.54) is 4.90 Å². The van der Waals surface area contributed by atoms with Gasteiger partial charge < -0.3 is 0 Å². The molecule has 0 radical (unpaired) electrons. The van der Waals surface area contributed by atoms with Crippen LogP contribution in [0.5, 0.6) is 0 Å². The highest BCUT2D eigenvalue weighted by molar-refractivity contribution is 6.83. The zero-order chi connectivity index (χ0) is 16.1. The van der Waals surface area contributed by atoms with E-state index in [1.807, 2.05) is 12.1 Å². The Balaban J connectivity index is 2.18. The second-order valence-corrected chi connectivity index (χ2v) is 12.0. The number of amides is 2. The zero-order valence-electron chi connectivity index (χ0n) is 13.4. The normalized spacial score (nSPS) is 20.7. The first-order valence-corrected chi connectivity index (χ1v) is 11.2. The minimum atomic E-state index is -1.88. The van der Waals surface area contributed by atoms with Crippen molar-refractivity contribution in [1.29, 1.82) is 0 Å². The van der Waals surface area contributed by atoms with Gasteiger partial charge in [-0.2, -0.15) is 0 Å². The maximum absolute atomic E-state index is 12.8.